The predicted octanol–water partition coefficient (Wildman–Crippen LogP) is 2.16. The van der Waals surface area contributed by atoms with Crippen molar-refractivity contribution in [3.8, 4) is 0 Å². The fourth-order valence-corrected chi connectivity index (χ4v) is 2.84. The average Bonchev–Trinajstić information content (AvgIpc) is 2.58. The first-order valence-corrected chi connectivity index (χ1v) is 6.90. The van der Waals surface area contributed by atoms with E-state index in [4.69, 9.17) is 11.5 Å². The smallest absolute Gasteiger partial charge is 0.255 e. The highest BCUT2D eigenvalue weighted by Crippen LogP contribution is 2.28. The van der Waals surface area contributed by atoms with Crippen LogP contribution in [0.4, 0.5) is 10.8 Å². The van der Waals surface area contributed by atoms with Crippen LogP contribution in [-0.4, -0.2) is 16.8 Å². The van der Waals surface area contributed by atoms with Crippen LogP contribution in [0, 0.1) is 17.8 Å². The minimum Gasteiger partial charge on any atom is -0.382 e. The third kappa shape index (κ3) is 3.35. The maximum absolute atomic E-state index is 11.3. The molecule has 0 atom stereocenters. The molecule has 0 saturated heterocycles. The van der Waals surface area contributed by atoms with Crippen LogP contribution < -0.4 is 16.8 Å². The SMILES string of the molecule is CC(C)C(CNc1snc(N)c1C(N)=O)C(C)C. The molecule has 0 spiro atoms. The Bertz CT molecular complexity index is 406. The zero-order valence-electron chi connectivity index (χ0n) is 11.4. The Hall–Kier alpha value is -1.30. The number of nitrogen functional groups attached to an aromatic ring is 1. The Morgan fingerprint density at radius 2 is 1.89 bits per heavy atom. The summed E-state index contributed by atoms with van der Waals surface area (Å²) in [5, 5.41) is 3.93. The van der Waals surface area contributed by atoms with E-state index >= 15 is 0 Å². The number of primary amides is 1. The van der Waals surface area contributed by atoms with Gasteiger partial charge < -0.3 is 16.8 Å². The van der Waals surface area contributed by atoms with Gasteiger partial charge in [-0.25, -0.2) is 0 Å². The molecule has 0 saturated carbocycles. The van der Waals surface area contributed by atoms with Gasteiger partial charge in [0.2, 0.25) is 0 Å². The van der Waals surface area contributed by atoms with E-state index in [1.807, 2.05) is 0 Å². The largest absolute Gasteiger partial charge is 0.382 e. The molecule has 5 nitrogen and oxygen atoms in total. The van der Waals surface area contributed by atoms with Crippen LogP contribution >= 0.6 is 11.5 Å². The summed E-state index contributed by atoms with van der Waals surface area (Å²) >= 11 is 1.18. The van der Waals surface area contributed by atoms with Crippen LogP contribution in [0.15, 0.2) is 0 Å². The van der Waals surface area contributed by atoms with Gasteiger partial charge in [0, 0.05) is 6.54 Å². The number of anilines is 2. The van der Waals surface area contributed by atoms with Crippen LogP contribution in [-0.2, 0) is 0 Å². The van der Waals surface area contributed by atoms with Crippen LogP contribution in [0.2, 0.25) is 0 Å². The first kappa shape index (κ1) is 14.8. The molecular weight excluding hydrogens is 248 g/mol. The molecule has 102 valence electrons. The number of rotatable bonds is 6. The van der Waals surface area contributed by atoms with Gasteiger partial charge in [-0.1, -0.05) is 27.7 Å². The van der Waals surface area contributed by atoms with Gasteiger partial charge in [0.1, 0.15) is 10.6 Å². The number of aromatic nitrogens is 1. The monoisotopic (exact) mass is 270 g/mol. The number of nitrogens with one attached hydrogen (secondary N) is 1. The van der Waals surface area contributed by atoms with Crippen molar-refractivity contribution in [3.05, 3.63) is 5.56 Å². The van der Waals surface area contributed by atoms with Crippen molar-refractivity contribution in [3.63, 3.8) is 0 Å². The second-order valence-electron chi connectivity index (χ2n) is 5.17. The van der Waals surface area contributed by atoms with Gasteiger partial charge in [0.15, 0.2) is 5.82 Å². The third-order valence-electron chi connectivity index (χ3n) is 3.18. The summed E-state index contributed by atoms with van der Waals surface area (Å²) in [7, 11) is 0. The topological polar surface area (TPSA) is 94.0 Å². The molecule has 18 heavy (non-hydrogen) atoms. The summed E-state index contributed by atoms with van der Waals surface area (Å²) < 4.78 is 3.96. The molecule has 0 bridgehead atoms. The van der Waals surface area contributed by atoms with Gasteiger partial charge in [0.25, 0.3) is 5.91 Å². The minimum absolute atomic E-state index is 0.209. The van der Waals surface area contributed by atoms with Gasteiger partial charge in [-0.3, -0.25) is 4.79 Å². The van der Waals surface area contributed by atoms with Crippen molar-refractivity contribution in [2.24, 2.45) is 23.5 Å². The van der Waals surface area contributed by atoms with E-state index in [2.05, 4.69) is 37.4 Å². The van der Waals surface area contributed by atoms with E-state index in [0.717, 1.165) is 6.54 Å². The summed E-state index contributed by atoms with van der Waals surface area (Å²) in [6, 6.07) is 0. The third-order valence-corrected chi connectivity index (χ3v) is 3.99. The molecule has 1 aromatic heterocycles. The summed E-state index contributed by atoms with van der Waals surface area (Å²) in [5.74, 6) is 1.34. The molecular formula is C12H22N4OS. The Morgan fingerprint density at radius 3 is 2.33 bits per heavy atom. The Morgan fingerprint density at radius 1 is 1.33 bits per heavy atom. The van der Waals surface area contributed by atoms with E-state index in [-0.39, 0.29) is 5.82 Å². The molecule has 0 aliphatic rings. The van der Waals surface area contributed by atoms with Gasteiger partial charge in [-0.15, -0.1) is 0 Å². The Balaban J connectivity index is 2.77. The van der Waals surface area contributed by atoms with Crippen LogP contribution in [0.5, 0.6) is 0 Å². The van der Waals surface area contributed by atoms with Crippen molar-refractivity contribution < 1.29 is 4.79 Å². The summed E-state index contributed by atoms with van der Waals surface area (Å²) in [5.41, 5.74) is 11.2. The lowest BCUT2D eigenvalue weighted by Gasteiger charge is -2.25. The highest BCUT2D eigenvalue weighted by Gasteiger charge is 2.20. The molecule has 0 fully saturated rings. The van der Waals surface area contributed by atoms with Gasteiger partial charge in [0.05, 0.1) is 0 Å². The van der Waals surface area contributed by atoms with E-state index in [1.165, 1.54) is 11.5 Å². The fourth-order valence-electron chi connectivity index (χ4n) is 2.11. The zero-order valence-corrected chi connectivity index (χ0v) is 12.2. The minimum atomic E-state index is -0.533. The van der Waals surface area contributed by atoms with Crippen molar-refractivity contribution in [1.29, 1.82) is 0 Å². The number of carbonyl (C=O) groups is 1. The number of hydrogen-bond acceptors (Lipinski definition) is 5. The standard InChI is InChI=1S/C12H22N4OS/c1-6(2)8(7(3)4)5-15-12-9(11(14)17)10(13)16-18-12/h6-8,15H,5H2,1-4H3,(H2,13,16)(H2,14,17). The zero-order chi connectivity index (χ0) is 13.9. The highest BCUT2D eigenvalue weighted by molar-refractivity contribution is 7.11. The first-order valence-electron chi connectivity index (χ1n) is 6.13. The van der Waals surface area contributed by atoms with Crippen LogP contribution in [0.1, 0.15) is 38.1 Å². The molecule has 5 N–H and O–H groups in total. The van der Waals surface area contributed by atoms with E-state index in [9.17, 15) is 4.79 Å². The van der Waals surface area contributed by atoms with Gasteiger partial charge in [-0.2, -0.15) is 4.37 Å². The summed E-state index contributed by atoms with van der Waals surface area (Å²) in [6.45, 7) is 9.58. The number of carbonyl (C=O) groups excluding carboxylic acids is 1. The van der Waals surface area contributed by atoms with Crippen molar-refractivity contribution in [2.75, 3.05) is 17.6 Å². The van der Waals surface area contributed by atoms with E-state index < -0.39 is 5.91 Å². The summed E-state index contributed by atoms with van der Waals surface area (Å²) in [4.78, 5) is 11.3. The lowest BCUT2D eigenvalue weighted by atomic mass is 9.85. The molecule has 1 aromatic rings. The summed E-state index contributed by atoms with van der Waals surface area (Å²) in [6.07, 6.45) is 0. The maximum Gasteiger partial charge on any atom is 0.255 e. The van der Waals surface area contributed by atoms with Gasteiger partial charge >= 0.3 is 0 Å². The van der Waals surface area contributed by atoms with Crippen LogP contribution in [0.3, 0.4) is 0 Å². The average molecular weight is 270 g/mol. The van der Waals surface area contributed by atoms with Gasteiger partial charge in [-0.05, 0) is 29.3 Å². The predicted molar refractivity (Wildman–Crippen MR) is 76.7 cm³/mol. The Labute approximate surface area is 112 Å². The number of nitrogens with two attached hydrogens (primary N) is 2. The lowest BCUT2D eigenvalue weighted by molar-refractivity contribution is 0.100. The first-order chi connectivity index (χ1) is 8.34. The molecule has 0 aliphatic heterocycles. The molecule has 1 heterocycles. The number of amides is 1. The molecule has 0 radical (unpaired) electrons. The van der Waals surface area contributed by atoms with E-state index in [0.29, 0.717) is 28.3 Å². The Kier molecular flexibility index (Phi) is 4.95. The lowest BCUT2D eigenvalue weighted by Crippen LogP contribution is -2.25. The quantitative estimate of drug-likeness (QED) is 0.738. The normalized spacial score (nSPS) is 11.5. The second-order valence-corrected chi connectivity index (χ2v) is 5.94. The molecule has 0 aromatic carbocycles. The molecule has 1 rings (SSSR count). The number of hydrogen-bond donors (Lipinski definition) is 3. The highest BCUT2D eigenvalue weighted by atomic mass is 32.1. The van der Waals surface area contributed by atoms with E-state index in [1.54, 1.807) is 0 Å². The fraction of sp³-hybridized carbons (Fsp3) is 0.667. The maximum atomic E-state index is 11.3. The second kappa shape index (κ2) is 6.04. The van der Waals surface area contributed by atoms with Crippen LogP contribution in [0.25, 0.3) is 0 Å². The molecule has 6 heteroatoms. The van der Waals surface area contributed by atoms with Crippen molar-refractivity contribution >= 4 is 28.3 Å². The molecule has 1 amide bonds. The molecule has 0 aliphatic carbocycles. The number of nitrogens with zero attached hydrogens (tertiary/aromatic N) is 1. The molecule has 0 unspecified atom stereocenters. The van der Waals surface area contributed by atoms with Crippen molar-refractivity contribution in [2.45, 2.75) is 27.7 Å². The van der Waals surface area contributed by atoms with Crippen molar-refractivity contribution in [1.82, 2.24) is 4.37 Å².